The Morgan fingerprint density at radius 1 is 0.781 bits per heavy atom. The number of benzene rings is 3. The van der Waals surface area contributed by atoms with Crippen molar-refractivity contribution in [3.8, 4) is 0 Å². The summed E-state index contributed by atoms with van der Waals surface area (Å²) in [5, 5.41) is 8.07. The molecule has 0 aliphatic rings. The second-order valence-electron chi connectivity index (χ2n) is 6.52. The van der Waals surface area contributed by atoms with Crippen molar-refractivity contribution in [3.63, 3.8) is 0 Å². The SMILES string of the molecule is COC(=O)c1ccc(C(=O)NC(=S)Nc2cccc(C(=O)Nc3ccc(F)cc3)c2)cc1. The lowest BCUT2D eigenvalue weighted by Crippen LogP contribution is -2.34. The summed E-state index contributed by atoms with van der Waals surface area (Å²) in [6.45, 7) is 0. The largest absolute Gasteiger partial charge is 0.465 e. The van der Waals surface area contributed by atoms with Crippen LogP contribution in [0.4, 0.5) is 15.8 Å². The molecule has 9 heteroatoms. The molecule has 3 rings (SSSR count). The van der Waals surface area contributed by atoms with E-state index < -0.39 is 17.7 Å². The third-order valence-corrected chi connectivity index (χ3v) is 4.48. The Balaban J connectivity index is 1.60. The Labute approximate surface area is 188 Å². The monoisotopic (exact) mass is 451 g/mol. The maximum absolute atomic E-state index is 13.0. The highest BCUT2D eigenvalue weighted by Crippen LogP contribution is 2.14. The average Bonchev–Trinajstić information content (AvgIpc) is 2.80. The van der Waals surface area contributed by atoms with Crippen LogP contribution in [0.5, 0.6) is 0 Å². The van der Waals surface area contributed by atoms with Crippen molar-refractivity contribution in [2.45, 2.75) is 0 Å². The summed E-state index contributed by atoms with van der Waals surface area (Å²) in [6, 6.07) is 17.8. The number of ether oxygens (including phenoxy) is 1. The molecule has 0 heterocycles. The van der Waals surface area contributed by atoms with Gasteiger partial charge in [-0.3, -0.25) is 14.9 Å². The summed E-state index contributed by atoms with van der Waals surface area (Å²) in [7, 11) is 1.27. The van der Waals surface area contributed by atoms with E-state index in [2.05, 4.69) is 20.7 Å². The highest BCUT2D eigenvalue weighted by atomic mass is 32.1. The maximum atomic E-state index is 13.0. The molecule has 0 radical (unpaired) electrons. The van der Waals surface area contributed by atoms with Gasteiger partial charge < -0.3 is 15.4 Å². The quantitative estimate of drug-likeness (QED) is 0.401. The normalized spacial score (nSPS) is 10.1. The fourth-order valence-corrected chi connectivity index (χ4v) is 2.90. The van der Waals surface area contributed by atoms with E-state index in [9.17, 15) is 18.8 Å². The predicted molar refractivity (Wildman–Crippen MR) is 122 cm³/mol. The molecule has 0 unspecified atom stereocenters. The molecule has 0 aliphatic heterocycles. The van der Waals surface area contributed by atoms with E-state index in [4.69, 9.17) is 12.2 Å². The van der Waals surface area contributed by atoms with Crippen LogP contribution in [0.2, 0.25) is 0 Å². The molecule has 7 nitrogen and oxygen atoms in total. The Morgan fingerprint density at radius 3 is 2.09 bits per heavy atom. The van der Waals surface area contributed by atoms with E-state index in [1.54, 1.807) is 24.3 Å². The standard InChI is InChI=1S/C23H18FN3O4S/c1-31-22(30)15-7-5-14(6-8-15)20(28)27-23(32)26-19-4-2-3-16(13-19)21(29)25-18-11-9-17(24)10-12-18/h2-13H,1H3,(H,25,29)(H2,26,27,28,32). The van der Waals surface area contributed by atoms with Gasteiger partial charge in [-0.1, -0.05) is 6.07 Å². The molecular formula is C23H18FN3O4S. The van der Waals surface area contributed by atoms with Crippen molar-refractivity contribution in [2.75, 3.05) is 17.7 Å². The van der Waals surface area contributed by atoms with Crippen LogP contribution in [-0.2, 0) is 4.74 Å². The van der Waals surface area contributed by atoms with Gasteiger partial charge in [0.1, 0.15) is 5.82 Å². The van der Waals surface area contributed by atoms with E-state index in [-0.39, 0.29) is 11.0 Å². The Hall–Kier alpha value is -4.11. The topological polar surface area (TPSA) is 96.5 Å². The van der Waals surface area contributed by atoms with Crippen LogP contribution < -0.4 is 16.0 Å². The van der Waals surface area contributed by atoms with Gasteiger partial charge in [-0.2, -0.15) is 0 Å². The minimum absolute atomic E-state index is 0.0307. The second-order valence-corrected chi connectivity index (χ2v) is 6.93. The van der Waals surface area contributed by atoms with Crippen molar-refractivity contribution in [3.05, 3.63) is 95.3 Å². The van der Waals surface area contributed by atoms with Gasteiger partial charge in [0.15, 0.2) is 5.11 Å². The minimum atomic E-state index is -0.502. The number of halogens is 1. The third kappa shape index (κ3) is 5.96. The van der Waals surface area contributed by atoms with Crippen LogP contribution in [0.15, 0.2) is 72.8 Å². The van der Waals surface area contributed by atoms with E-state index in [1.165, 1.54) is 55.6 Å². The molecule has 2 amide bonds. The first-order valence-corrected chi connectivity index (χ1v) is 9.74. The zero-order chi connectivity index (χ0) is 23.1. The molecule has 0 fully saturated rings. The Bertz CT molecular complexity index is 1160. The molecule has 0 aromatic heterocycles. The first kappa shape index (κ1) is 22.6. The molecule has 0 bridgehead atoms. The van der Waals surface area contributed by atoms with E-state index >= 15 is 0 Å². The Morgan fingerprint density at radius 2 is 1.44 bits per heavy atom. The number of carbonyl (C=O) groups excluding carboxylic acids is 3. The molecule has 0 atom stereocenters. The number of rotatable bonds is 5. The molecule has 0 aliphatic carbocycles. The summed E-state index contributed by atoms with van der Waals surface area (Å²) >= 11 is 5.17. The molecule has 3 N–H and O–H groups in total. The van der Waals surface area contributed by atoms with Gasteiger partial charge in [-0.15, -0.1) is 0 Å². The number of carbonyl (C=O) groups is 3. The van der Waals surface area contributed by atoms with Gasteiger partial charge in [-0.05, 0) is 78.9 Å². The lowest BCUT2D eigenvalue weighted by atomic mass is 10.1. The minimum Gasteiger partial charge on any atom is -0.465 e. The highest BCUT2D eigenvalue weighted by molar-refractivity contribution is 7.80. The molecule has 32 heavy (non-hydrogen) atoms. The number of amides is 2. The van der Waals surface area contributed by atoms with Gasteiger partial charge in [0.2, 0.25) is 0 Å². The number of hydrogen-bond acceptors (Lipinski definition) is 5. The van der Waals surface area contributed by atoms with Gasteiger partial charge in [0, 0.05) is 22.5 Å². The van der Waals surface area contributed by atoms with Crippen LogP contribution in [0.25, 0.3) is 0 Å². The van der Waals surface area contributed by atoms with Crippen LogP contribution in [0.3, 0.4) is 0 Å². The fraction of sp³-hybridized carbons (Fsp3) is 0.0435. The van der Waals surface area contributed by atoms with Crippen LogP contribution in [0.1, 0.15) is 31.1 Å². The van der Waals surface area contributed by atoms with Crippen LogP contribution in [-0.4, -0.2) is 30.0 Å². The maximum Gasteiger partial charge on any atom is 0.337 e. The number of anilines is 2. The van der Waals surface area contributed by atoms with E-state index in [0.717, 1.165) is 0 Å². The second kappa shape index (κ2) is 10.3. The molecule has 0 saturated heterocycles. The smallest absolute Gasteiger partial charge is 0.337 e. The molecule has 162 valence electrons. The Kier molecular flexibility index (Phi) is 7.25. The summed E-state index contributed by atoms with van der Waals surface area (Å²) in [6.07, 6.45) is 0. The van der Waals surface area contributed by atoms with E-state index in [0.29, 0.717) is 28.1 Å². The zero-order valence-electron chi connectivity index (χ0n) is 16.8. The molecular weight excluding hydrogens is 433 g/mol. The van der Waals surface area contributed by atoms with Gasteiger partial charge in [0.25, 0.3) is 11.8 Å². The van der Waals surface area contributed by atoms with Crippen molar-refractivity contribution in [2.24, 2.45) is 0 Å². The van der Waals surface area contributed by atoms with Crippen molar-refractivity contribution in [1.82, 2.24) is 5.32 Å². The number of esters is 1. The molecule has 0 spiro atoms. The molecule has 3 aromatic carbocycles. The summed E-state index contributed by atoms with van der Waals surface area (Å²) < 4.78 is 17.6. The first-order valence-electron chi connectivity index (χ1n) is 9.33. The zero-order valence-corrected chi connectivity index (χ0v) is 17.7. The lowest BCUT2D eigenvalue weighted by Gasteiger charge is -2.11. The lowest BCUT2D eigenvalue weighted by molar-refractivity contribution is 0.0600. The van der Waals surface area contributed by atoms with Crippen LogP contribution in [0, 0.1) is 5.82 Å². The highest BCUT2D eigenvalue weighted by Gasteiger charge is 2.12. The van der Waals surface area contributed by atoms with Gasteiger partial charge in [0.05, 0.1) is 12.7 Å². The summed E-state index contributed by atoms with van der Waals surface area (Å²) in [5.74, 6) is -1.76. The number of thiocarbonyl (C=S) groups is 1. The first-order chi connectivity index (χ1) is 15.4. The summed E-state index contributed by atoms with van der Waals surface area (Å²) in [4.78, 5) is 36.3. The molecule has 0 saturated carbocycles. The predicted octanol–water partition coefficient (Wildman–Crippen LogP) is 3.99. The number of hydrogen-bond donors (Lipinski definition) is 3. The van der Waals surface area contributed by atoms with Gasteiger partial charge >= 0.3 is 5.97 Å². The van der Waals surface area contributed by atoms with Crippen molar-refractivity contribution < 1.29 is 23.5 Å². The van der Waals surface area contributed by atoms with Crippen molar-refractivity contribution in [1.29, 1.82) is 0 Å². The van der Waals surface area contributed by atoms with Gasteiger partial charge in [-0.25, -0.2) is 9.18 Å². The number of nitrogens with one attached hydrogen (secondary N) is 3. The molecule has 3 aromatic rings. The number of methoxy groups -OCH3 is 1. The average molecular weight is 451 g/mol. The van der Waals surface area contributed by atoms with Crippen LogP contribution >= 0.6 is 12.2 Å². The fourth-order valence-electron chi connectivity index (χ4n) is 2.69. The van der Waals surface area contributed by atoms with Crippen molar-refractivity contribution >= 4 is 46.5 Å². The third-order valence-electron chi connectivity index (χ3n) is 4.28. The summed E-state index contributed by atoms with van der Waals surface area (Å²) in [5.41, 5.74) is 1.90. The van der Waals surface area contributed by atoms with E-state index in [1.807, 2.05) is 0 Å².